The molecule has 0 fully saturated rings. The van der Waals surface area contributed by atoms with Crippen molar-refractivity contribution >= 4 is 139 Å². The van der Waals surface area contributed by atoms with Crippen LogP contribution in [0.15, 0.2) is 30.4 Å². The maximum atomic E-state index is 7.34. The molecule has 0 spiro atoms. The third-order valence-electron chi connectivity index (χ3n) is 14.7. The molecule has 0 aromatic heterocycles. The summed E-state index contributed by atoms with van der Waals surface area (Å²) in [6, 6.07) is 7.64. The van der Waals surface area contributed by atoms with Crippen molar-refractivity contribution < 1.29 is 0 Å². The Kier molecular flexibility index (Phi) is 3.17. The van der Waals surface area contributed by atoms with E-state index in [1.807, 2.05) is 0 Å². The van der Waals surface area contributed by atoms with Gasteiger partial charge in [0, 0.05) is 22.0 Å². The molecule has 0 bridgehead atoms. The van der Waals surface area contributed by atoms with E-state index in [0.717, 1.165) is 57.1 Å². The second-order valence-corrected chi connectivity index (χ2v) is 16.6. The molecule has 0 saturated carbocycles. The lowest BCUT2D eigenvalue weighted by Crippen LogP contribution is -2.39. The molecule has 0 unspecified atom stereocenters. The summed E-state index contributed by atoms with van der Waals surface area (Å²) in [7, 11) is 0. The Balaban J connectivity index is 1.42. The molecule has 8 aliphatic rings. The van der Waals surface area contributed by atoms with Crippen molar-refractivity contribution in [2.45, 2.75) is 51.4 Å². The highest BCUT2D eigenvalue weighted by Crippen LogP contribution is 2.48. The highest BCUT2D eigenvalue weighted by molar-refractivity contribution is 6.44. The molecule has 224 valence electrons. The Bertz CT molecular complexity index is 3860. The molecular weight excluding hydrogens is 591 g/mol. The van der Waals surface area contributed by atoms with E-state index < -0.39 is 0 Å². The summed E-state index contributed by atoms with van der Waals surface area (Å²) in [5.74, 6) is 0. The molecular formula is C48H27N. The zero-order valence-electron chi connectivity index (χ0n) is 26.9. The van der Waals surface area contributed by atoms with Gasteiger partial charge in [0.2, 0.25) is 0 Å². The van der Waals surface area contributed by atoms with E-state index in [4.69, 9.17) is 5.73 Å². The Morgan fingerprint density at radius 3 is 1.65 bits per heavy atom. The van der Waals surface area contributed by atoms with E-state index in [1.54, 1.807) is 103 Å². The maximum Gasteiger partial charge on any atom is 0.0474 e. The quantitative estimate of drug-likeness (QED) is 0.138. The van der Waals surface area contributed by atoms with Gasteiger partial charge in [-0.05, 0) is 182 Å². The predicted octanol–water partition coefficient (Wildman–Crippen LogP) is 5.38. The highest BCUT2D eigenvalue weighted by Gasteiger charge is 2.35. The van der Waals surface area contributed by atoms with Crippen LogP contribution < -0.4 is 47.5 Å². The van der Waals surface area contributed by atoms with Gasteiger partial charge in [0.05, 0.1) is 0 Å². The van der Waals surface area contributed by atoms with Gasteiger partial charge in [0.1, 0.15) is 0 Å². The van der Waals surface area contributed by atoms with Crippen LogP contribution in [-0.2, 0) is 0 Å². The molecule has 8 aliphatic carbocycles. The Morgan fingerprint density at radius 2 is 0.939 bits per heavy atom. The lowest BCUT2D eigenvalue weighted by molar-refractivity contribution is 1.14. The topological polar surface area (TPSA) is 26.0 Å². The van der Waals surface area contributed by atoms with Crippen LogP contribution >= 0.6 is 0 Å². The van der Waals surface area contributed by atoms with Crippen molar-refractivity contribution in [2.75, 3.05) is 5.73 Å². The van der Waals surface area contributed by atoms with Crippen LogP contribution in [0.2, 0.25) is 0 Å². The molecule has 49 heavy (non-hydrogen) atoms. The first-order chi connectivity index (χ1) is 24.2. The zero-order valence-corrected chi connectivity index (χ0v) is 26.9. The number of rotatable bonds is 0. The Labute approximate surface area is 278 Å². The summed E-state index contributed by atoms with van der Waals surface area (Å²) < 4.78 is 0. The van der Waals surface area contributed by atoms with E-state index in [9.17, 15) is 0 Å². The van der Waals surface area contributed by atoms with Crippen LogP contribution in [0.5, 0.6) is 0 Å². The normalized spacial score (nSPS) is 20.0. The number of hydrogen-bond acceptors (Lipinski definition) is 1. The van der Waals surface area contributed by atoms with Gasteiger partial charge >= 0.3 is 0 Å². The van der Waals surface area contributed by atoms with Crippen LogP contribution in [0.1, 0.15) is 62.5 Å². The van der Waals surface area contributed by atoms with Crippen LogP contribution in [0.25, 0.3) is 133 Å². The van der Waals surface area contributed by atoms with Gasteiger partial charge in [0.15, 0.2) is 0 Å². The van der Waals surface area contributed by atoms with Gasteiger partial charge in [0.25, 0.3) is 0 Å². The van der Waals surface area contributed by atoms with Crippen molar-refractivity contribution in [3.05, 3.63) is 83.2 Å². The van der Waals surface area contributed by atoms with Gasteiger partial charge < -0.3 is 5.73 Å². The average molecular weight is 618 g/mol. The first-order valence-electron chi connectivity index (χ1n) is 18.5. The molecule has 0 aliphatic heterocycles. The molecule has 1 nitrogen and oxygen atoms in total. The minimum Gasteiger partial charge on any atom is -0.398 e. The van der Waals surface area contributed by atoms with Gasteiger partial charge in [-0.25, -0.2) is 0 Å². The summed E-state index contributed by atoms with van der Waals surface area (Å²) in [5.41, 5.74) is 20.9. The Morgan fingerprint density at radius 1 is 0.408 bits per heavy atom. The third kappa shape index (κ3) is 2.06. The first-order valence-corrected chi connectivity index (χ1v) is 18.5. The zero-order chi connectivity index (χ0) is 30.9. The van der Waals surface area contributed by atoms with Gasteiger partial charge in [-0.2, -0.15) is 0 Å². The molecule has 0 amide bonds. The summed E-state index contributed by atoms with van der Waals surface area (Å²) in [6.07, 6.45) is 23.4. The smallest absolute Gasteiger partial charge is 0.0474 e. The van der Waals surface area contributed by atoms with Gasteiger partial charge in [-0.1, -0.05) is 69.9 Å². The van der Waals surface area contributed by atoms with Crippen LogP contribution in [0.3, 0.4) is 0 Å². The average Bonchev–Trinajstić information content (AvgIpc) is 3.13. The van der Waals surface area contributed by atoms with Crippen molar-refractivity contribution in [3.63, 3.8) is 0 Å². The van der Waals surface area contributed by atoms with E-state index in [2.05, 4.69) is 54.7 Å². The molecule has 0 radical (unpaired) electrons. The molecule has 0 saturated heterocycles. The first kappa shape index (κ1) is 23.0. The van der Waals surface area contributed by atoms with Crippen LogP contribution in [0.4, 0.5) is 5.69 Å². The maximum absolute atomic E-state index is 7.34. The number of nitrogens with two attached hydrogens (primary N) is 1. The number of hydrogen-bond donors (Lipinski definition) is 1. The molecule has 2 N–H and O–H groups in total. The van der Waals surface area contributed by atoms with Crippen molar-refractivity contribution in [3.8, 4) is 0 Å². The SMILES string of the molecule is Nc1c2c3c4c5c6c7c8c(cc9cc%10c%11c%12c%13c%14c%15c%16c(cc1c4c%16c6c%14c8c9%12)=CCC=%15CC=%13CC=%11CC=C%10)=CCC=7CC=5CC=3CC=C2. The van der Waals surface area contributed by atoms with E-state index in [1.165, 1.54) is 59.1 Å². The molecule has 8 aromatic rings. The lowest BCUT2D eigenvalue weighted by Gasteiger charge is -2.34. The second-order valence-electron chi connectivity index (χ2n) is 16.6. The summed E-state index contributed by atoms with van der Waals surface area (Å²) in [4.78, 5) is 0. The number of allylic oxidation sites excluding steroid dienone is 2. The van der Waals surface area contributed by atoms with Crippen LogP contribution in [0, 0.1) is 0 Å². The summed E-state index contributed by atoms with van der Waals surface area (Å²) in [6.45, 7) is 0. The lowest BCUT2D eigenvalue weighted by atomic mass is 9.69. The second kappa shape index (κ2) is 6.74. The minimum atomic E-state index is 0.990. The van der Waals surface area contributed by atoms with Crippen molar-refractivity contribution in [1.29, 1.82) is 0 Å². The largest absolute Gasteiger partial charge is 0.398 e. The number of anilines is 1. The van der Waals surface area contributed by atoms with Crippen molar-refractivity contribution in [1.82, 2.24) is 0 Å². The standard InChI is InChI=1S/C48H27N/c49-48-28-6-2-5-20-13-27-16-22-8-7-21-14-25-11-18-3-1-4-19-12-26-15-23-9-10-24-17-29(48)39-41(31(20)28)38(27)44-33(22)32(21)42-36(25)40(30(18)19)37(26)43-34(23)35(24)45(39)47(44)46(42)43/h1-3,6-7,10-11,14,17H,4-5,8-9,12-13,15-16,49H2. The fourth-order valence-corrected chi connectivity index (χ4v) is 13.3. The molecule has 16 rings (SSSR count). The fraction of sp³-hybridized carbons (Fsp3) is 0.167. The molecule has 1 heteroatoms. The third-order valence-corrected chi connectivity index (χ3v) is 14.7. The summed E-state index contributed by atoms with van der Waals surface area (Å²) in [5, 5.41) is 33.7. The highest BCUT2D eigenvalue weighted by atomic mass is 14.6. The molecule has 0 heterocycles. The predicted molar refractivity (Wildman–Crippen MR) is 208 cm³/mol. The summed E-state index contributed by atoms with van der Waals surface area (Å²) >= 11 is 0. The number of nitrogen functional groups attached to an aromatic ring is 1. The van der Waals surface area contributed by atoms with Crippen LogP contribution in [-0.4, -0.2) is 0 Å². The van der Waals surface area contributed by atoms with Crippen molar-refractivity contribution in [2.24, 2.45) is 0 Å². The van der Waals surface area contributed by atoms with E-state index >= 15 is 0 Å². The van der Waals surface area contributed by atoms with E-state index in [-0.39, 0.29) is 0 Å². The minimum absolute atomic E-state index is 0.990. The number of benzene rings is 8. The van der Waals surface area contributed by atoms with Gasteiger partial charge in [-0.15, -0.1) is 0 Å². The molecule has 0 atom stereocenters. The van der Waals surface area contributed by atoms with Gasteiger partial charge in [-0.3, -0.25) is 0 Å². The van der Waals surface area contributed by atoms with E-state index in [0.29, 0.717) is 0 Å². The fourth-order valence-electron chi connectivity index (χ4n) is 13.3. The monoisotopic (exact) mass is 617 g/mol. The Hall–Kier alpha value is -5.40. The molecule has 8 aromatic carbocycles.